The van der Waals surface area contributed by atoms with Crippen LogP contribution in [0.2, 0.25) is 0 Å². The molecule has 0 aromatic heterocycles. The Hall–Kier alpha value is -3.64. The fourth-order valence-electron chi connectivity index (χ4n) is 4.37. The number of rotatable bonds is 12. The lowest BCUT2D eigenvalue weighted by atomic mass is 9.88. The SMILES string of the molecule is CC(C)(C)OC(=O)N[C@@H](Cc1ccccc1)[C@@H](O)C[C@@H](Cc1ccccc1)C(=O)NCCc1ccccc1. The van der Waals surface area contributed by atoms with Gasteiger partial charge in [0.15, 0.2) is 0 Å². The summed E-state index contributed by atoms with van der Waals surface area (Å²) in [6.07, 6.45) is 0.262. The highest BCUT2D eigenvalue weighted by Crippen LogP contribution is 2.19. The van der Waals surface area contributed by atoms with Crippen molar-refractivity contribution in [3.8, 4) is 0 Å². The van der Waals surface area contributed by atoms with Crippen molar-refractivity contribution < 1.29 is 19.4 Å². The number of nitrogens with one attached hydrogen (secondary N) is 2. The number of carbonyl (C=O) groups is 2. The number of ether oxygens (including phenoxy) is 1. The predicted octanol–water partition coefficient (Wildman–Crippen LogP) is 5.09. The number of aliphatic hydroxyl groups is 1. The van der Waals surface area contributed by atoms with Gasteiger partial charge in [-0.25, -0.2) is 4.79 Å². The van der Waals surface area contributed by atoms with Crippen LogP contribution in [0.3, 0.4) is 0 Å². The largest absolute Gasteiger partial charge is 0.444 e. The van der Waals surface area contributed by atoms with E-state index in [4.69, 9.17) is 4.74 Å². The molecule has 6 heteroatoms. The molecular weight excluding hydrogens is 476 g/mol. The number of benzene rings is 3. The maximum Gasteiger partial charge on any atom is 0.407 e. The maximum absolute atomic E-state index is 13.3. The molecule has 0 heterocycles. The van der Waals surface area contributed by atoms with Crippen LogP contribution in [0.4, 0.5) is 4.79 Å². The smallest absolute Gasteiger partial charge is 0.407 e. The van der Waals surface area contributed by atoms with Crippen molar-refractivity contribution in [2.75, 3.05) is 6.54 Å². The van der Waals surface area contributed by atoms with Crippen LogP contribution in [0.5, 0.6) is 0 Å². The van der Waals surface area contributed by atoms with E-state index in [1.54, 1.807) is 20.8 Å². The zero-order chi connectivity index (χ0) is 27.4. The number of hydrogen-bond donors (Lipinski definition) is 3. The number of alkyl carbamates (subject to hydrolysis) is 1. The summed E-state index contributed by atoms with van der Waals surface area (Å²) in [6.45, 7) is 5.90. The Bertz CT molecular complexity index is 1110. The van der Waals surface area contributed by atoms with Gasteiger partial charge in [0, 0.05) is 12.5 Å². The Balaban J connectivity index is 1.73. The Labute approximate surface area is 226 Å². The second-order valence-electron chi connectivity index (χ2n) is 10.7. The van der Waals surface area contributed by atoms with Crippen molar-refractivity contribution in [3.05, 3.63) is 108 Å². The molecule has 6 nitrogen and oxygen atoms in total. The zero-order valence-electron chi connectivity index (χ0n) is 22.6. The molecule has 0 aliphatic heterocycles. The van der Waals surface area contributed by atoms with Gasteiger partial charge in [0.25, 0.3) is 0 Å². The number of carbonyl (C=O) groups excluding carboxylic acids is 2. The van der Waals surface area contributed by atoms with Gasteiger partial charge in [0.05, 0.1) is 12.1 Å². The Kier molecular flexibility index (Phi) is 10.9. The van der Waals surface area contributed by atoms with Crippen molar-refractivity contribution in [2.45, 2.75) is 64.2 Å². The third kappa shape index (κ3) is 10.4. The van der Waals surface area contributed by atoms with E-state index >= 15 is 0 Å². The van der Waals surface area contributed by atoms with E-state index in [9.17, 15) is 14.7 Å². The molecule has 202 valence electrons. The number of aliphatic hydroxyl groups excluding tert-OH is 1. The molecule has 3 aromatic rings. The lowest BCUT2D eigenvalue weighted by Crippen LogP contribution is -2.48. The molecule has 2 amide bonds. The molecule has 0 aliphatic carbocycles. The van der Waals surface area contributed by atoms with Crippen molar-refractivity contribution in [3.63, 3.8) is 0 Å². The third-order valence-corrected chi connectivity index (χ3v) is 6.24. The van der Waals surface area contributed by atoms with Crippen LogP contribution in [0.15, 0.2) is 91.0 Å². The maximum atomic E-state index is 13.3. The summed E-state index contributed by atoms with van der Waals surface area (Å²) in [6, 6.07) is 28.8. The summed E-state index contributed by atoms with van der Waals surface area (Å²) in [5, 5.41) is 17.3. The molecule has 38 heavy (non-hydrogen) atoms. The highest BCUT2D eigenvalue weighted by molar-refractivity contribution is 5.79. The van der Waals surface area contributed by atoms with E-state index < -0.39 is 29.8 Å². The first-order valence-electron chi connectivity index (χ1n) is 13.3. The van der Waals surface area contributed by atoms with Crippen LogP contribution in [0.1, 0.15) is 43.9 Å². The number of hydrogen-bond acceptors (Lipinski definition) is 4. The van der Waals surface area contributed by atoms with Crippen LogP contribution >= 0.6 is 0 Å². The lowest BCUT2D eigenvalue weighted by molar-refractivity contribution is -0.126. The fourth-order valence-corrected chi connectivity index (χ4v) is 4.37. The zero-order valence-corrected chi connectivity index (χ0v) is 22.6. The second-order valence-corrected chi connectivity index (χ2v) is 10.7. The summed E-state index contributed by atoms with van der Waals surface area (Å²) < 4.78 is 5.46. The highest BCUT2D eigenvalue weighted by Gasteiger charge is 2.30. The van der Waals surface area contributed by atoms with Gasteiger partial charge in [-0.05, 0) is 63.1 Å². The Morgan fingerprint density at radius 3 is 1.82 bits per heavy atom. The molecule has 3 aromatic carbocycles. The van der Waals surface area contributed by atoms with Crippen LogP contribution in [0, 0.1) is 5.92 Å². The molecule has 0 saturated carbocycles. The van der Waals surface area contributed by atoms with E-state index in [1.165, 1.54) is 0 Å². The van der Waals surface area contributed by atoms with E-state index in [1.807, 2.05) is 91.0 Å². The monoisotopic (exact) mass is 516 g/mol. The van der Waals surface area contributed by atoms with E-state index in [2.05, 4.69) is 10.6 Å². The molecule has 0 unspecified atom stereocenters. The molecular formula is C32H40N2O4. The van der Waals surface area contributed by atoms with Crippen LogP contribution in [-0.4, -0.2) is 41.4 Å². The summed E-state index contributed by atoms with van der Waals surface area (Å²) in [5.74, 6) is -0.582. The molecule has 3 rings (SSSR count). The fraction of sp³-hybridized carbons (Fsp3) is 0.375. The molecule has 0 aliphatic rings. The molecule has 0 fully saturated rings. The first kappa shape index (κ1) is 28.9. The third-order valence-electron chi connectivity index (χ3n) is 6.24. The van der Waals surface area contributed by atoms with Gasteiger partial charge in [-0.2, -0.15) is 0 Å². The van der Waals surface area contributed by atoms with Crippen molar-refractivity contribution in [1.82, 2.24) is 10.6 Å². The van der Waals surface area contributed by atoms with Crippen LogP contribution in [-0.2, 0) is 28.8 Å². The van der Waals surface area contributed by atoms with Gasteiger partial charge in [0.2, 0.25) is 5.91 Å². The van der Waals surface area contributed by atoms with E-state index in [-0.39, 0.29) is 12.3 Å². The second kappa shape index (κ2) is 14.3. The summed E-state index contributed by atoms with van der Waals surface area (Å²) in [7, 11) is 0. The lowest BCUT2D eigenvalue weighted by Gasteiger charge is -2.29. The minimum Gasteiger partial charge on any atom is -0.444 e. The average Bonchev–Trinajstić information content (AvgIpc) is 2.88. The normalized spacial score (nSPS) is 13.7. The molecule has 3 atom stereocenters. The summed E-state index contributed by atoms with van der Waals surface area (Å²) in [5.41, 5.74) is 2.47. The first-order chi connectivity index (χ1) is 18.2. The topological polar surface area (TPSA) is 87.7 Å². The molecule has 0 radical (unpaired) electrons. The standard InChI is InChI=1S/C32H40N2O4/c1-32(2,3)38-31(37)34-28(22-26-17-11-6-12-18-26)29(35)23-27(21-25-15-9-5-10-16-25)30(36)33-20-19-24-13-7-4-8-14-24/h4-18,27-29,35H,19-23H2,1-3H3,(H,33,36)(H,34,37)/t27-,28+,29+/m1/s1. The highest BCUT2D eigenvalue weighted by atomic mass is 16.6. The first-order valence-corrected chi connectivity index (χ1v) is 13.3. The van der Waals surface area contributed by atoms with E-state index in [0.29, 0.717) is 19.4 Å². The molecule has 0 saturated heterocycles. The van der Waals surface area contributed by atoms with Crippen molar-refractivity contribution in [1.29, 1.82) is 0 Å². The van der Waals surface area contributed by atoms with Gasteiger partial charge in [-0.15, -0.1) is 0 Å². The minimum atomic E-state index is -0.962. The Morgan fingerprint density at radius 1 is 0.789 bits per heavy atom. The minimum absolute atomic E-state index is 0.112. The van der Waals surface area contributed by atoms with Gasteiger partial charge >= 0.3 is 6.09 Å². The summed E-state index contributed by atoms with van der Waals surface area (Å²) >= 11 is 0. The number of amides is 2. The molecule has 0 spiro atoms. The van der Waals surface area contributed by atoms with Crippen molar-refractivity contribution in [2.24, 2.45) is 5.92 Å². The van der Waals surface area contributed by atoms with Gasteiger partial charge in [-0.1, -0.05) is 91.0 Å². The van der Waals surface area contributed by atoms with E-state index in [0.717, 1.165) is 23.1 Å². The molecule has 0 bridgehead atoms. The van der Waals surface area contributed by atoms with Crippen molar-refractivity contribution >= 4 is 12.0 Å². The van der Waals surface area contributed by atoms with Crippen LogP contribution in [0.25, 0.3) is 0 Å². The molecule has 3 N–H and O–H groups in total. The Morgan fingerprint density at radius 2 is 1.29 bits per heavy atom. The summed E-state index contributed by atoms with van der Waals surface area (Å²) in [4.78, 5) is 26.0. The average molecular weight is 517 g/mol. The quantitative estimate of drug-likeness (QED) is 0.313. The van der Waals surface area contributed by atoms with Gasteiger partial charge < -0.3 is 20.5 Å². The van der Waals surface area contributed by atoms with Gasteiger partial charge in [-0.3, -0.25) is 4.79 Å². The van der Waals surface area contributed by atoms with Gasteiger partial charge in [0.1, 0.15) is 5.60 Å². The predicted molar refractivity (Wildman–Crippen MR) is 151 cm³/mol. The van der Waals surface area contributed by atoms with Crippen LogP contribution < -0.4 is 10.6 Å².